The molecule has 0 aromatic heterocycles. The minimum Gasteiger partial charge on any atom is -0.327 e. The Bertz CT molecular complexity index is 104. The van der Waals surface area contributed by atoms with Crippen LogP contribution in [0.5, 0.6) is 0 Å². The van der Waals surface area contributed by atoms with Gasteiger partial charge in [-0.1, -0.05) is 19.3 Å². The van der Waals surface area contributed by atoms with E-state index in [0.717, 1.165) is 11.8 Å². The number of nitrogens with two attached hydrogens (primary N) is 1. The maximum atomic E-state index is 5.84. The van der Waals surface area contributed by atoms with Crippen molar-refractivity contribution in [3.8, 4) is 0 Å². The van der Waals surface area contributed by atoms with Crippen molar-refractivity contribution in [1.29, 1.82) is 0 Å². The van der Waals surface area contributed by atoms with Crippen molar-refractivity contribution in [2.45, 2.75) is 38.1 Å². The highest BCUT2D eigenvalue weighted by Crippen LogP contribution is 2.46. The zero-order chi connectivity index (χ0) is 6.27. The van der Waals surface area contributed by atoms with Crippen LogP contribution in [0.2, 0.25) is 0 Å². The van der Waals surface area contributed by atoms with Crippen molar-refractivity contribution in [3.05, 3.63) is 0 Å². The lowest BCUT2D eigenvalue weighted by atomic mass is 10.1. The molecule has 0 aromatic rings. The van der Waals surface area contributed by atoms with Gasteiger partial charge in [-0.3, -0.25) is 0 Å². The summed E-state index contributed by atoms with van der Waals surface area (Å²) in [4.78, 5) is 0. The van der Waals surface area contributed by atoms with E-state index >= 15 is 0 Å². The van der Waals surface area contributed by atoms with Crippen molar-refractivity contribution in [2.24, 2.45) is 17.6 Å². The van der Waals surface area contributed by atoms with Crippen LogP contribution in [-0.2, 0) is 0 Å². The molecule has 3 atom stereocenters. The highest BCUT2D eigenvalue weighted by atomic mass is 35.5. The lowest BCUT2D eigenvalue weighted by Crippen LogP contribution is -2.04. The SMILES string of the molecule is Cl.NC1[C@H]2CCCCC[C@@H]12. The van der Waals surface area contributed by atoms with E-state index in [4.69, 9.17) is 5.73 Å². The van der Waals surface area contributed by atoms with Crippen molar-refractivity contribution in [2.75, 3.05) is 0 Å². The lowest BCUT2D eigenvalue weighted by molar-refractivity contribution is 0.619. The molecular weight excluding hydrogens is 146 g/mol. The molecule has 0 aliphatic heterocycles. The third-order valence-corrected chi connectivity index (χ3v) is 2.97. The molecule has 2 aliphatic rings. The van der Waals surface area contributed by atoms with Gasteiger partial charge in [0.25, 0.3) is 0 Å². The van der Waals surface area contributed by atoms with Crippen molar-refractivity contribution < 1.29 is 0 Å². The summed E-state index contributed by atoms with van der Waals surface area (Å²) in [5.74, 6) is 1.87. The standard InChI is InChI=1S/C8H15N.ClH/c9-8-6-4-2-1-3-5-7(6)8;/h6-8H,1-5,9H2;1H/t6-,7+,8?;. The second-order valence-corrected chi connectivity index (χ2v) is 3.54. The number of hydrogen-bond acceptors (Lipinski definition) is 1. The average molecular weight is 162 g/mol. The van der Waals surface area contributed by atoms with Crippen molar-refractivity contribution in [1.82, 2.24) is 0 Å². The summed E-state index contributed by atoms with van der Waals surface area (Å²) < 4.78 is 0. The van der Waals surface area contributed by atoms with Gasteiger partial charge in [-0.05, 0) is 24.7 Å². The van der Waals surface area contributed by atoms with Gasteiger partial charge in [0.05, 0.1) is 0 Å². The zero-order valence-electron chi connectivity index (χ0n) is 6.25. The van der Waals surface area contributed by atoms with Gasteiger partial charge in [-0.15, -0.1) is 12.4 Å². The van der Waals surface area contributed by atoms with Crippen LogP contribution in [0.25, 0.3) is 0 Å². The number of hydrogen-bond donors (Lipinski definition) is 1. The molecule has 60 valence electrons. The Morgan fingerprint density at radius 3 is 1.90 bits per heavy atom. The summed E-state index contributed by atoms with van der Waals surface area (Å²) >= 11 is 0. The topological polar surface area (TPSA) is 26.0 Å². The first kappa shape index (κ1) is 8.35. The van der Waals surface area contributed by atoms with E-state index in [-0.39, 0.29) is 12.4 Å². The first-order valence-corrected chi connectivity index (χ1v) is 4.15. The third kappa shape index (κ3) is 1.30. The van der Waals surface area contributed by atoms with E-state index in [0.29, 0.717) is 6.04 Å². The van der Waals surface area contributed by atoms with Crippen LogP contribution >= 0.6 is 12.4 Å². The van der Waals surface area contributed by atoms with Crippen LogP contribution in [-0.4, -0.2) is 6.04 Å². The van der Waals surface area contributed by atoms with E-state index in [9.17, 15) is 0 Å². The number of halogens is 1. The Labute approximate surface area is 68.8 Å². The van der Waals surface area contributed by atoms with Crippen LogP contribution < -0.4 is 5.73 Å². The molecule has 0 aromatic carbocycles. The van der Waals surface area contributed by atoms with Crippen molar-refractivity contribution >= 4 is 12.4 Å². The van der Waals surface area contributed by atoms with Gasteiger partial charge in [0.2, 0.25) is 0 Å². The molecule has 0 bridgehead atoms. The molecule has 1 unspecified atom stereocenters. The third-order valence-electron chi connectivity index (χ3n) is 2.97. The van der Waals surface area contributed by atoms with Gasteiger partial charge >= 0.3 is 0 Å². The molecule has 1 nitrogen and oxygen atoms in total. The molecule has 0 radical (unpaired) electrons. The Morgan fingerprint density at radius 2 is 1.40 bits per heavy atom. The van der Waals surface area contributed by atoms with Crippen LogP contribution in [0, 0.1) is 11.8 Å². The summed E-state index contributed by atoms with van der Waals surface area (Å²) in [6.07, 6.45) is 7.18. The quantitative estimate of drug-likeness (QED) is 0.578. The second kappa shape index (κ2) is 3.10. The van der Waals surface area contributed by atoms with Crippen LogP contribution in [0.1, 0.15) is 32.1 Å². The molecule has 10 heavy (non-hydrogen) atoms. The smallest absolute Gasteiger partial charge is 0.0102 e. The summed E-state index contributed by atoms with van der Waals surface area (Å²) in [5.41, 5.74) is 5.84. The fourth-order valence-corrected chi connectivity index (χ4v) is 2.22. The fourth-order valence-electron chi connectivity index (χ4n) is 2.22. The summed E-state index contributed by atoms with van der Waals surface area (Å²) in [7, 11) is 0. The van der Waals surface area contributed by atoms with E-state index < -0.39 is 0 Å². The van der Waals surface area contributed by atoms with Crippen LogP contribution in [0.4, 0.5) is 0 Å². The lowest BCUT2D eigenvalue weighted by Gasteiger charge is -1.94. The number of fused-ring (bicyclic) bond motifs is 1. The van der Waals surface area contributed by atoms with Crippen LogP contribution in [0.15, 0.2) is 0 Å². The fraction of sp³-hybridized carbons (Fsp3) is 1.00. The molecule has 2 heteroatoms. The molecule has 0 amide bonds. The minimum absolute atomic E-state index is 0. The minimum atomic E-state index is 0. The highest BCUT2D eigenvalue weighted by Gasteiger charge is 2.46. The molecule has 0 saturated heterocycles. The van der Waals surface area contributed by atoms with Gasteiger partial charge in [0.1, 0.15) is 0 Å². The van der Waals surface area contributed by atoms with Gasteiger partial charge in [-0.2, -0.15) is 0 Å². The molecule has 2 rings (SSSR count). The first-order valence-electron chi connectivity index (χ1n) is 4.15. The monoisotopic (exact) mass is 161 g/mol. The Hall–Kier alpha value is 0.250. The molecule has 2 aliphatic carbocycles. The summed E-state index contributed by atoms with van der Waals surface area (Å²) in [6, 6.07) is 0.602. The van der Waals surface area contributed by atoms with Gasteiger partial charge in [-0.25, -0.2) is 0 Å². The summed E-state index contributed by atoms with van der Waals surface area (Å²) in [6.45, 7) is 0. The molecule has 2 saturated carbocycles. The molecule has 2 N–H and O–H groups in total. The number of rotatable bonds is 0. The Kier molecular flexibility index (Phi) is 2.59. The largest absolute Gasteiger partial charge is 0.327 e. The maximum Gasteiger partial charge on any atom is 0.0102 e. The molecule has 2 fully saturated rings. The van der Waals surface area contributed by atoms with Gasteiger partial charge in [0, 0.05) is 6.04 Å². The maximum absolute atomic E-state index is 5.84. The molecule has 0 heterocycles. The first-order chi connectivity index (χ1) is 4.39. The highest BCUT2D eigenvalue weighted by molar-refractivity contribution is 5.85. The van der Waals surface area contributed by atoms with E-state index in [1.165, 1.54) is 32.1 Å². The van der Waals surface area contributed by atoms with Gasteiger partial charge in [0.15, 0.2) is 0 Å². The van der Waals surface area contributed by atoms with Crippen molar-refractivity contribution in [3.63, 3.8) is 0 Å². The van der Waals surface area contributed by atoms with Crippen LogP contribution in [0.3, 0.4) is 0 Å². The van der Waals surface area contributed by atoms with E-state index in [1.807, 2.05) is 0 Å². The predicted octanol–water partition coefficient (Wildman–Crippen LogP) is 1.95. The second-order valence-electron chi connectivity index (χ2n) is 3.54. The van der Waals surface area contributed by atoms with E-state index in [1.54, 1.807) is 0 Å². The Morgan fingerprint density at radius 1 is 0.900 bits per heavy atom. The van der Waals surface area contributed by atoms with E-state index in [2.05, 4.69) is 0 Å². The normalized spacial score (nSPS) is 44.7. The Balaban J connectivity index is 0.000000500. The zero-order valence-corrected chi connectivity index (χ0v) is 7.07. The molecular formula is C8H16ClN. The average Bonchev–Trinajstić information content (AvgIpc) is 2.51. The van der Waals surface area contributed by atoms with Gasteiger partial charge < -0.3 is 5.73 Å². The summed E-state index contributed by atoms with van der Waals surface area (Å²) in [5, 5.41) is 0. The molecule has 0 spiro atoms. The predicted molar refractivity (Wildman–Crippen MR) is 45.3 cm³/mol.